The fourth-order valence-corrected chi connectivity index (χ4v) is 2.04. The first-order valence-corrected chi connectivity index (χ1v) is 6.17. The van der Waals surface area contributed by atoms with E-state index in [1.807, 2.05) is 10.8 Å². The Labute approximate surface area is 107 Å². The topological polar surface area (TPSA) is 17.8 Å². The zero-order valence-corrected chi connectivity index (χ0v) is 11.2. The molecule has 1 aromatic carbocycles. The third kappa shape index (κ3) is 2.34. The van der Waals surface area contributed by atoms with Crippen molar-refractivity contribution in [2.24, 2.45) is 0 Å². The minimum absolute atomic E-state index is 0.454. The second-order valence-electron chi connectivity index (χ2n) is 3.34. The molecule has 2 aromatic rings. The number of nitrogens with zero attached hydrogens (tertiary/aromatic N) is 2. The molecule has 1 aromatic heterocycles. The highest BCUT2D eigenvalue weighted by molar-refractivity contribution is 14.1. The molecule has 2 nitrogen and oxygen atoms in total. The molecule has 1 heterocycles. The molecule has 4 heteroatoms. The van der Waals surface area contributed by atoms with Gasteiger partial charge in [-0.3, -0.25) is 0 Å². The monoisotopic (exact) mass is 332 g/mol. The summed E-state index contributed by atoms with van der Waals surface area (Å²) in [5.74, 6) is 0.454. The molecule has 0 aliphatic heterocycles. The van der Waals surface area contributed by atoms with Crippen LogP contribution in [0.4, 0.5) is 0 Å². The van der Waals surface area contributed by atoms with Crippen LogP contribution in [0.3, 0.4) is 0 Å². The summed E-state index contributed by atoms with van der Waals surface area (Å²) < 4.78 is 3.23. The van der Waals surface area contributed by atoms with Crippen LogP contribution in [0.5, 0.6) is 0 Å². The van der Waals surface area contributed by atoms with Gasteiger partial charge in [0.2, 0.25) is 0 Å². The molecular formula is C11H10ClIN2. The average Bonchev–Trinajstić information content (AvgIpc) is 2.70. The quantitative estimate of drug-likeness (QED) is 0.608. The molecule has 15 heavy (non-hydrogen) atoms. The van der Waals surface area contributed by atoms with Gasteiger partial charge in [-0.1, -0.05) is 6.07 Å². The van der Waals surface area contributed by atoms with Gasteiger partial charge in [-0.05, 0) is 47.2 Å². The van der Waals surface area contributed by atoms with Crippen molar-refractivity contribution in [3.63, 3.8) is 0 Å². The lowest BCUT2D eigenvalue weighted by Crippen LogP contribution is -1.94. The van der Waals surface area contributed by atoms with Crippen molar-refractivity contribution >= 4 is 34.2 Å². The van der Waals surface area contributed by atoms with Crippen molar-refractivity contribution in [2.75, 3.05) is 0 Å². The molecule has 0 N–H and O–H groups in total. The molecule has 0 spiro atoms. The lowest BCUT2D eigenvalue weighted by Gasteiger charge is -2.06. The standard InChI is InChI=1S/C11H10ClIN2/c1-8-2-3-9(13)4-11(8)15-6-10(5-12)14-7-15/h2-4,6-7H,5H2,1H3. The van der Waals surface area contributed by atoms with Gasteiger partial charge >= 0.3 is 0 Å². The first kappa shape index (κ1) is 11.0. The van der Waals surface area contributed by atoms with Crippen molar-refractivity contribution in [2.45, 2.75) is 12.8 Å². The molecular weight excluding hydrogens is 322 g/mol. The Hall–Kier alpha value is -0.550. The second-order valence-corrected chi connectivity index (χ2v) is 4.85. The molecule has 0 radical (unpaired) electrons. The molecule has 0 aliphatic rings. The van der Waals surface area contributed by atoms with E-state index in [0.29, 0.717) is 5.88 Å². The highest BCUT2D eigenvalue weighted by Gasteiger charge is 2.03. The van der Waals surface area contributed by atoms with E-state index < -0.39 is 0 Å². The molecule has 0 saturated carbocycles. The van der Waals surface area contributed by atoms with Gasteiger partial charge in [0.15, 0.2) is 0 Å². The predicted molar refractivity (Wildman–Crippen MR) is 70.6 cm³/mol. The summed E-state index contributed by atoms with van der Waals surface area (Å²) in [7, 11) is 0. The lowest BCUT2D eigenvalue weighted by atomic mass is 10.2. The van der Waals surface area contributed by atoms with Gasteiger partial charge in [0, 0.05) is 9.77 Å². The molecule has 0 saturated heterocycles. The van der Waals surface area contributed by atoms with Crippen molar-refractivity contribution in [3.05, 3.63) is 45.6 Å². The number of alkyl halides is 1. The Balaban J connectivity index is 2.48. The van der Waals surface area contributed by atoms with Crippen LogP contribution in [0, 0.1) is 10.5 Å². The van der Waals surface area contributed by atoms with Gasteiger partial charge in [0.05, 0.1) is 23.6 Å². The Morgan fingerprint density at radius 2 is 2.27 bits per heavy atom. The fraction of sp³-hybridized carbons (Fsp3) is 0.182. The SMILES string of the molecule is Cc1ccc(I)cc1-n1cnc(CCl)c1. The maximum Gasteiger partial charge on any atom is 0.0995 e. The summed E-state index contributed by atoms with van der Waals surface area (Å²) in [5.41, 5.74) is 3.29. The van der Waals surface area contributed by atoms with Crippen LogP contribution >= 0.6 is 34.2 Å². The average molecular weight is 333 g/mol. The summed E-state index contributed by atoms with van der Waals surface area (Å²) in [6, 6.07) is 6.34. The van der Waals surface area contributed by atoms with Gasteiger partial charge in [-0.2, -0.15) is 0 Å². The maximum atomic E-state index is 5.72. The Kier molecular flexibility index (Phi) is 3.31. The van der Waals surface area contributed by atoms with Crippen LogP contribution in [-0.4, -0.2) is 9.55 Å². The zero-order chi connectivity index (χ0) is 10.8. The first-order chi connectivity index (χ1) is 7.20. The van der Waals surface area contributed by atoms with Gasteiger partial charge in [0.1, 0.15) is 0 Å². The number of benzene rings is 1. The summed E-state index contributed by atoms with van der Waals surface area (Å²) in [5, 5.41) is 0. The van der Waals surface area contributed by atoms with Crippen LogP contribution in [0.25, 0.3) is 5.69 Å². The highest BCUT2D eigenvalue weighted by atomic mass is 127. The number of halogens is 2. The number of imidazole rings is 1. The summed E-state index contributed by atoms with van der Waals surface area (Å²) in [4.78, 5) is 4.21. The van der Waals surface area contributed by atoms with E-state index in [-0.39, 0.29) is 0 Å². The predicted octanol–water partition coefficient (Wildman–Crippen LogP) is 3.52. The van der Waals surface area contributed by atoms with Crippen LogP contribution in [0.15, 0.2) is 30.7 Å². The smallest absolute Gasteiger partial charge is 0.0995 e. The fourth-order valence-electron chi connectivity index (χ4n) is 1.43. The molecule has 0 atom stereocenters. The molecule has 0 aliphatic carbocycles. The van der Waals surface area contributed by atoms with E-state index in [2.05, 4.69) is 52.7 Å². The Morgan fingerprint density at radius 1 is 1.47 bits per heavy atom. The molecule has 0 bridgehead atoms. The number of hydrogen-bond acceptors (Lipinski definition) is 1. The number of aromatic nitrogens is 2. The Morgan fingerprint density at radius 3 is 2.93 bits per heavy atom. The lowest BCUT2D eigenvalue weighted by molar-refractivity contribution is 1.04. The van der Waals surface area contributed by atoms with Gasteiger partial charge in [0.25, 0.3) is 0 Å². The second kappa shape index (κ2) is 4.53. The normalized spacial score (nSPS) is 10.6. The van der Waals surface area contributed by atoms with Crippen LogP contribution in [0.2, 0.25) is 0 Å². The van der Waals surface area contributed by atoms with E-state index >= 15 is 0 Å². The zero-order valence-electron chi connectivity index (χ0n) is 8.24. The summed E-state index contributed by atoms with van der Waals surface area (Å²) in [6.45, 7) is 2.09. The van der Waals surface area contributed by atoms with Crippen molar-refractivity contribution in [3.8, 4) is 5.69 Å². The number of aryl methyl sites for hydroxylation is 1. The minimum atomic E-state index is 0.454. The van der Waals surface area contributed by atoms with E-state index in [4.69, 9.17) is 11.6 Å². The maximum absolute atomic E-state index is 5.72. The van der Waals surface area contributed by atoms with Crippen molar-refractivity contribution < 1.29 is 0 Å². The van der Waals surface area contributed by atoms with Crippen LogP contribution in [-0.2, 0) is 5.88 Å². The minimum Gasteiger partial charge on any atom is -0.306 e. The largest absolute Gasteiger partial charge is 0.306 e. The summed E-state index contributed by atoms with van der Waals surface area (Å²) >= 11 is 8.03. The third-order valence-electron chi connectivity index (χ3n) is 2.22. The highest BCUT2D eigenvalue weighted by Crippen LogP contribution is 2.18. The summed E-state index contributed by atoms with van der Waals surface area (Å²) in [6.07, 6.45) is 3.77. The van der Waals surface area contributed by atoms with E-state index in [1.54, 1.807) is 6.33 Å². The van der Waals surface area contributed by atoms with Crippen molar-refractivity contribution in [1.82, 2.24) is 9.55 Å². The van der Waals surface area contributed by atoms with Gasteiger partial charge in [-0.15, -0.1) is 11.6 Å². The number of hydrogen-bond donors (Lipinski definition) is 0. The van der Waals surface area contributed by atoms with Crippen molar-refractivity contribution in [1.29, 1.82) is 0 Å². The Bertz CT molecular complexity index is 479. The van der Waals surface area contributed by atoms with E-state index in [9.17, 15) is 0 Å². The molecule has 2 rings (SSSR count). The van der Waals surface area contributed by atoms with Gasteiger partial charge in [-0.25, -0.2) is 4.98 Å². The third-order valence-corrected chi connectivity index (χ3v) is 3.17. The molecule has 0 amide bonds. The van der Waals surface area contributed by atoms with Gasteiger partial charge < -0.3 is 4.57 Å². The molecule has 0 unspecified atom stereocenters. The number of rotatable bonds is 2. The van der Waals surface area contributed by atoms with Crippen LogP contribution < -0.4 is 0 Å². The molecule has 0 fully saturated rings. The van der Waals surface area contributed by atoms with Crippen LogP contribution in [0.1, 0.15) is 11.3 Å². The first-order valence-electron chi connectivity index (χ1n) is 4.56. The molecule has 78 valence electrons. The van der Waals surface area contributed by atoms with E-state index in [0.717, 1.165) is 11.4 Å². The van der Waals surface area contributed by atoms with E-state index in [1.165, 1.54) is 9.13 Å².